The Hall–Kier alpha value is -6.29. The van der Waals surface area contributed by atoms with E-state index in [0.29, 0.717) is 5.92 Å². The van der Waals surface area contributed by atoms with Crippen LogP contribution in [0.5, 0.6) is 0 Å². The zero-order valence-electron chi connectivity index (χ0n) is 29.4. The van der Waals surface area contributed by atoms with Gasteiger partial charge < -0.3 is 0 Å². The Kier molecular flexibility index (Phi) is 7.18. The number of aromatic nitrogens is 2. The topological polar surface area (TPSA) is 25.8 Å². The summed E-state index contributed by atoms with van der Waals surface area (Å²) in [5, 5.41) is 2.55. The van der Waals surface area contributed by atoms with Crippen molar-refractivity contribution < 1.29 is 0 Å². The van der Waals surface area contributed by atoms with Gasteiger partial charge in [0.2, 0.25) is 0 Å². The molecule has 3 unspecified atom stereocenters. The summed E-state index contributed by atoms with van der Waals surface area (Å²) in [6.45, 7) is 0. The summed E-state index contributed by atoms with van der Waals surface area (Å²) in [5.74, 6) is 1.30. The SMILES string of the molecule is C1=CC2c3ccccc3C3(c4ccc(-c5cc(-c6ccc(-c7ccccc7)cc6)nc(-c6ccccc6)n5)cc4Sc4cc5ccccc5cc43)C2C=C1. The highest BCUT2D eigenvalue weighted by molar-refractivity contribution is 7.99. The Balaban J connectivity index is 1.10. The molecule has 2 aliphatic carbocycles. The van der Waals surface area contributed by atoms with Crippen molar-refractivity contribution in [1.29, 1.82) is 0 Å². The summed E-state index contributed by atoms with van der Waals surface area (Å²) in [6, 6.07) is 61.7. The molecule has 1 aliphatic heterocycles. The van der Waals surface area contributed by atoms with Gasteiger partial charge in [-0.3, -0.25) is 0 Å². The molecular weight excluding hydrogens is 673 g/mol. The van der Waals surface area contributed by atoms with Crippen LogP contribution in [0.1, 0.15) is 28.2 Å². The molecule has 3 aliphatic rings. The summed E-state index contributed by atoms with van der Waals surface area (Å²) in [6.07, 6.45) is 9.36. The van der Waals surface area contributed by atoms with E-state index in [9.17, 15) is 0 Å². The molecule has 7 aromatic carbocycles. The fourth-order valence-corrected chi connectivity index (χ4v) is 10.5. The number of allylic oxidation sites excluding steroid dienone is 4. The van der Waals surface area contributed by atoms with Gasteiger partial charge in [-0.05, 0) is 68.4 Å². The van der Waals surface area contributed by atoms with Crippen LogP contribution in [0.4, 0.5) is 0 Å². The van der Waals surface area contributed by atoms with E-state index in [1.54, 1.807) is 0 Å². The zero-order chi connectivity index (χ0) is 35.6. The minimum atomic E-state index is -0.326. The first-order valence-electron chi connectivity index (χ1n) is 18.6. The van der Waals surface area contributed by atoms with Crippen molar-refractivity contribution in [1.82, 2.24) is 9.97 Å². The van der Waals surface area contributed by atoms with E-state index in [4.69, 9.17) is 9.97 Å². The first-order chi connectivity index (χ1) is 26.7. The Bertz CT molecular complexity index is 2800. The molecule has 11 rings (SSSR count). The van der Waals surface area contributed by atoms with E-state index in [-0.39, 0.29) is 11.3 Å². The van der Waals surface area contributed by atoms with Crippen LogP contribution in [0.3, 0.4) is 0 Å². The molecule has 0 bridgehead atoms. The lowest BCUT2D eigenvalue weighted by Crippen LogP contribution is -2.37. The molecule has 2 heterocycles. The van der Waals surface area contributed by atoms with E-state index < -0.39 is 0 Å². The van der Waals surface area contributed by atoms with Gasteiger partial charge in [-0.2, -0.15) is 0 Å². The quantitative estimate of drug-likeness (QED) is 0.182. The summed E-state index contributed by atoms with van der Waals surface area (Å²) in [7, 11) is 0. The van der Waals surface area contributed by atoms with Crippen LogP contribution in [0, 0.1) is 5.92 Å². The number of fused-ring (bicyclic) bond motifs is 10. The van der Waals surface area contributed by atoms with Gasteiger partial charge >= 0.3 is 0 Å². The van der Waals surface area contributed by atoms with Gasteiger partial charge in [-0.1, -0.05) is 182 Å². The molecule has 0 radical (unpaired) electrons. The van der Waals surface area contributed by atoms with E-state index in [2.05, 4.69) is 188 Å². The molecule has 1 spiro atoms. The van der Waals surface area contributed by atoms with Gasteiger partial charge in [0.1, 0.15) is 0 Å². The van der Waals surface area contributed by atoms with E-state index in [1.165, 1.54) is 53.9 Å². The standard InChI is InChI=1S/C51H34N2S/c1-3-13-33(14-4-1)34-23-25-35(26-24-34)46-32-47(53-50(52-46)36-15-5-2-6-16-36)39-27-28-44-48(31-39)54-49-30-38-18-8-7-17-37(38)29-45(49)51(44)42-21-11-9-19-40(42)41-20-10-12-22-43(41)51/h1-32,40,42H. The molecule has 0 amide bonds. The molecule has 3 heteroatoms. The highest BCUT2D eigenvalue weighted by Crippen LogP contribution is 2.65. The predicted molar refractivity (Wildman–Crippen MR) is 223 cm³/mol. The first-order valence-corrected chi connectivity index (χ1v) is 19.5. The third kappa shape index (κ3) is 4.82. The van der Waals surface area contributed by atoms with E-state index in [1.807, 2.05) is 17.8 Å². The van der Waals surface area contributed by atoms with Crippen LogP contribution < -0.4 is 0 Å². The predicted octanol–water partition coefficient (Wildman–Crippen LogP) is 12.9. The van der Waals surface area contributed by atoms with Crippen LogP contribution in [-0.2, 0) is 5.41 Å². The van der Waals surface area contributed by atoms with Crippen LogP contribution >= 0.6 is 11.8 Å². The summed E-state index contributed by atoms with van der Waals surface area (Å²) in [4.78, 5) is 13.0. The normalized spacial score (nSPS) is 19.0. The lowest BCUT2D eigenvalue weighted by molar-refractivity contribution is 0.442. The van der Waals surface area contributed by atoms with Crippen molar-refractivity contribution in [3.05, 3.63) is 216 Å². The van der Waals surface area contributed by atoms with Crippen LogP contribution in [-0.4, -0.2) is 9.97 Å². The maximum Gasteiger partial charge on any atom is 0.160 e. The molecule has 2 nitrogen and oxygen atoms in total. The van der Waals surface area contributed by atoms with E-state index >= 15 is 0 Å². The van der Waals surface area contributed by atoms with Crippen molar-refractivity contribution in [2.75, 3.05) is 0 Å². The van der Waals surface area contributed by atoms with Gasteiger partial charge in [0, 0.05) is 38.3 Å². The third-order valence-corrected chi connectivity index (χ3v) is 12.7. The van der Waals surface area contributed by atoms with Crippen LogP contribution in [0.2, 0.25) is 0 Å². The Morgan fingerprint density at radius 2 is 1.02 bits per heavy atom. The van der Waals surface area contributed by atoms with Gasteiger partial charge in [0.15, 0.2) is 5.82 Å². The van der Waals surface area contributed by atoms with E-state index in [0.717, 1.165) is 33.9 Å². The number of benzene rings is 7. The van der Waals surface area contributed by atoms with Gasteiger partial charge in [0.05, 0.1) is 16.8 Å². The smallest absolute Gasteiger partial charge is 0.160 e. The van der Waals surface area contributed by atoms with Crippen LogP contribution in [0.25, 0.3) is 55.8 Å². The molecule has 0 N–H and O–H groups in total. The molecule has 54 heavy (non-hydrogen) atoms. The first kappa shape index (κ1) is 31.3. The second kappa shape index (κ2) is 12.4. The highest BCUT2D eigenvalue weighted by Gasteiger charge is 2.55. The lowest BCUT2D eigenvalue weighted by Gasteiger charge is -2.43. The third-order valence-electron chi connectivity index (χ3n) is 11.6. The summed E-state index contributed by atoms with van der Waals surface area (Å²) >= 11 is 1.90. The van der Waals surface area contributed by atoms with Crippen molar-refractivity contribution in [2.45, 2.75) is 21.1 Å². The fraction of sp³-hybridized carbons (Fsp3) is 0.0588. The second-order valence-electron chi connectivity index (χ2n) is 14.5. The van der Waals surface area contributed by atoms with Crippen molar-refractivity contribution in [2.24, 2.45) is 5.92 Å². The molecular formula is C51H34N2S. The average Bonchev–Trinajstić information content (AvgIpc) is 3.54. The maximum absolute atomic E-state index is 5.25. The zero-order valence-corrected chi connectivity index (χ0v) is 30.2. The maximum atomic E-state index is 5.25. The van der Waals surface area contributed by atoms with Gasteiger partial charge in [-0.25, -0.2) is 9.97 Å². The minimum absolute atomic E-state index is 0.263. The minimum Gasteiger partial charge on any atom is -0.228 e. The number of rotatable bonds is 4. The number of hydrogen-bond acceptors (Lipinski definition) is 3. The van der Waals surface area contributed by atoms with Crippen molar-refractivity contribution >= 4 is 22.5 Å². The summed E-state index contributed by atoms with van der Waals surface area (Å²) < 4.78 is 0. The summed E-state index contributed by atoms with van der Waals surface area (Å²) in [5.41, 5.74) is 12.6. The van der Waals surface area contributed by atoms with Gasteiger partial charge in [-0.15, -0.1) is 0 Å². The van der Waals surface area contributed by atoms with Crippen molar-refractivity contribution in [3.63, 3.8) is 0 Å². The Morgan fingerprint density at radius 1 is 0.426 bits per heavy atom. The molecule has 1 aromatic heterocycles. The molecule has 0 saturated heterocycles. The molecule has 8 aromatic rings. The highest BCUT2D eigenvalue weighted by atomic mass is 32.2. The Labute approximate surface area is 319 Å². The number of hydrogen-bond donors (Lipinski definition) is 0. The lowest BCUT2D eigenvalue weighted by atomic mass is 9.62. The Morgan fingerprint density at radius 3 is 1.81 bits per heavy atom. The molecule has 254 valence electrons. The largest absolute Gasteiger partial charge is 0.228 e. The molecule has 0 saturated carbocycles. The average molecular weight is 707 g/mol. The van der Waals surface area contributed by atoms with Gasteiger partial charge in [0.25, 0.3) is 0 Å². The monoisotopic (exact) mass is 706 g/mol. The van der Waals surface area contributed by atoms with Crippen molar-refractivity contribution in [3.8, 4) is 45.0 Å². The second-order valence-corrected chi connectivity index (χ2v) is 15.6. The van der Waals surface area contributed by atoms with Crippen LogP contribution in [0.15, 0.2) is 204 Å². The molecule has 3 atom stereocenters. The fourth-order valence-electron chi connectivity index (χ4n) is 9.18. The number of nitrogens with zero attached hydrogens (tertiary/aromatic N) is 2. The molecule has 0 fully saturated rings.